The van der Waals surface area contributed by atoms with Gasteiger partial charge in [0.25, 0.3) is 5.91 Å². The van der Waals surface area contributed by atoms with E-state index in [2.05, 4.69) is 9.88 Å². The second-order valence-corrected chi connectivity index (χ2v) is 12.1. The Balaban J connectivity index is 1.73. The molecular formula is C28H33N7O4S. The number of pyridine rings is 2. The molecule has 4 aromatic rings. The van der Waals surface area contributed by atoms with Crippen LogP contribution in [0.25, 0.3) is 28.0 Å². The van der Waals surface area contributed by atoms with Gasteiger partial charge in [0.15, 0.2) is 11.5 Å². The fraction of sp³-hybridized carbons (Fsp3) is 0.357. The molecule has 1 saturated heterocycles. The summed E-state index contributed by atoms with van der Waals surface area (Å²) in [7, 11) is -0.00113. The van der Waals surface area contributed by atoms with Crippen LogP contribution in [-0.2, 0) is 14.8 Å². The predicted octanol–water partition coefficient (Wildman–Crippen LogP) is 3.20. The van der Waals surface area contributed by atoms with Crippen molar-refractivity contribution in [3.63, 3.8) is 0 Å². The third-order valence-corrected chi connectivity index (χ3v) is 7.23. The van der Waals surface area contributed by atoms with Crippen molar-refractivity contribution in [1.82, 2.24) is 24.5 Å². The monoisotopic (exact) mass is 563 g/mol. The maximum absolute atomic E-state index is 13.1. The van der Waals surface area contributed by atoms with Crippen LogP contribution in [0.4, 0.5) is 11.5 Å². The molecule has 1 aliphatic rings. The van der Waals surface area contributed by atoms with Gasteiger partial charge in [-0.3, -0.25) is 4.79 Å². The molecule has 0 aliphatic carbocycles. The molecule has 1 fully saturated rings. The van der Waals surface area contributed by atoms with E-state index in [-0.39, 0.29) is 11.6 Å². The van der Waals surface area contributed by atoms with Crippen molar-refractivity contribution < 1.29 is 17.9 Å². The van der Waals surface area contributed by atoms with E-state index in [0.29, 0.717) is 24.7 Å². The predicted molar refractivity (Wildman–Crippen MR) is 156 cm³/mol. The van der Waals surface area contributed by atoms with Crippen molar-refractivity contribution in [2.45, 2.75) is 19.8 Å². The topological polar surface area (TPSA) is 123 Å². The van der Waals surface area contributed by atoms with Crippen molar-refractivity contribution in [3.05, 3.63) is 59.9 Å². The van der Waals surface area contributed by atoms with Gasteiger partial charge in [-0.25, -0.2) is 23.1 Å². The third-order valence-electron chi connectivity index (χ3n) is 6.67. The molecule has 0 saturated carbocycles. The lowest BCUT2D eigenvalue weighted by atomic mass is 9.97. The van der Waals surface area contributed by atoms with Gasteiger partial charge < -0.3 is 14.5 Å². The number of carbonyl (C=O) groups excluding carboxylic acids is 1. The lowest BCUT2D eigenvalue weighted by Gasteiger charge is -2.29. The molecule has 0 unspecified atom stereocenters. The Hall–Kier alpha value is -4.03. The van der Waals surface area contributed by atoms with Gasteiger partial charge >= 0.3 is 0 Å². The Morgan fingerprint density at radius 2 is 1.75 bits per heavy atom. The number of fused-ring (bicyclic) bond motifs is 1. The highest BCUT2D eigenvalue weighted by molar-refractivity contribution is 7.89. The number of rotatable bonds is 7. The molecular weight excluding hydrogens is 530 g/mol. The first kappa shape index (κ1) is 27.5. The van der Waals surface area contributed by atoms with E-state index in [4.69, 9.17) is 14.8 Å². The molecule has 1 N–H and O–H groups in total. The second-order valence-electron chi connectivity index (χ2n) is 10.3. The fourth-order valence-electron chi connectivity index (χ4n) is 4.72. The molecule has 0 radical (unpaired) electrons. The number of morpholine rings is 1. The van der Waals surface area contributed by atoms with Crippen molar-refractivity contribution in [1.29, 1.82) is 0 Å². The Morgan fingerprint density at radius 3 is 2.38 bits per heavy atom. The minimum Gasteiger partial charge on any atom is -0.378 e. The first-order valence-corrected chi connectivity index (χ1v) is 14.9. The minimum atomic E-state index is -3.80. The van der Waals surface area contributed by atoms with Crippen LogP contribution in [0.2, 0.25) is 0 Å². The van der Waals surface area contributed by atoms with E-state index in [9.17, 15) is 13.2 Å². The first-order chi connectivity index (χ1) is 19.0. The molecule has 11 nitrogen and oxygen atoms in total. The maximum atomic E-state index is 13.1. The standard InChI is InChI=1S/C28H33N7O4S/c1-18(2)26-25-21(19-9-11-20(12-10-19)34-13-15-39-16-14-34)17-22(28(36)32-40(5,37)38)29-27(25)35(31-26)24-8-6-7-23(30-24)33(3)4/h6-12,17-18H,13-16H2,1-5H3,(H,32,36). The zero-order chi connectivity index (χ0) is 28.6. The number of carbonyl (C=O) groups is 1. The number of aromatic nitrogens is 4. The Labute approximate surface area is 233 Å². The number of amides is 1. The van der Waals surface area contributed by atoms with Gasteiger partial charge in [0.1, 0.15) is 11.5 Å². The largest absolute Gasteiger partial charge is 0.378 e. The van der Waals surface area contributed by atoms with Crippen LogP contribution in [0.15, 0.2) is 48.5 Å². The van der Waals surface area contributed by atoms with E-state index in [0.717, 1.165) is 53.1 Å². The normalized spacial score (nSPS) is 14.1. The van der Waals surface area contributed by atoms with E-state index in [1.807, 2.05) is 80.0 Å². The Kier molecular flexibility index (Phi) is 7.47. The summed E-state index contributed by atoms with van der Waals surface area (Å²) in [5, 5.41) is 5.69. The number of ether oxygens (including phenoxy) is 1. The van der Waals surface area contributed by atoms with E-state index >= 15 is 0 Å². The Bertz CT molecular complexity index is 1660. The zero-order valence-corrected chi connectivity index (χ0v) is 24.1. The number of hydrogen-bond acceptors (Lipinski definition) is 9. The lowest BCUT2D eigenvalue weighted by molar-refractivity contribution is 0.0977. The molecule has 5 rings (SSSR count). The van der Waals surface area contributed by atoms with Crippen LogP contribution in [0.5, 0.6) is 0 Å². The minimum absolute atomic E-state index is 0.0321. The van der Waals surface area contributed by atoms with Gasteiger partial charge in [0.2, 0.25) is 10.0 Å². The van der Waals surface area contributed by atoms with Crippen LogP contribution >= 0.6 is 0 Å². The van der Waals surface area contributed by atoms with Crippen molar-refractivity contribution in [3.8, 4) is 16.9 Å². The zero-order valence-electron chi connectivity index (χ0n) is 23.2. The summed E-state index contributed by atoms with van der Waals surface area (Å²) in [6.07, 6.45) is 0.937. The summed E-state index contributed by atoms with van der Waals surface area (Å²) < 4.78 is 32.9. The van der Waals surface area contributed by atoms with E-state index < -0.39 is 15.9 Å². The fourth-order valence-corrected chi connectivity index (χ4v) is 5.16. The molecule has 12 heteroatoms. The molecule has 1 aliphatic heterocycles. The highest BCUT2D eigenvalue weighted by Gasteiger charge is 2.25. The van der Waals surface area contributed by atoms with Crippen LogP contribution < -0.4 is 14.5 Å². The van der Waals surface area contributed by atoms with Crippen molar-refractivity contribution >= 4 is 38.5 Å². The number of benzene rings is 1. The van der Waals surface area contributed by atoms with Gasteiger partial charge in [-0.2, -0.15) is 9.78 Å². The van der Waals surface area contributed by atoms with Crippen LogP contribution in [0.3, 0.4) is 0 Å². The number of sulfonamides is 1. The third kappa shape index (κ3) is 5.63. The molecule has 4 heterocycles. The van der Waals surface area contributed by atoms with Crippen LogP contribution in [0, 0.1) is 0 Å². The highest BCUT2D eigenvalue weighted by atomic mass is 32.2. The summed E-state index contributed by atoms with van der Waals surface area (Å²) in [6.45, 7) is 7.10. The number of anilines is 2. The average Bonchev–Trinajstić information content (AvgIpc) is 3.32. The van der Waals surface area contributed by atoms with E-state index in [1.165, 1.54) is 0 Å². The van der Waals surface area contributed by atoms with Crippen molar-refractivity contribution in [2.75, 3.05) is 56.5 Å². The average molecular weight is 564 g/mol. The smallest absolute Gasteiger partial charge is 0.283 e. The molecule has 0 spiro atoms. The number of nitrogens with zero attached hydrogens (tertiary/aromatic N) is 6. The first-order valence-electron chi connectivity index (χ1n) is 13.1. The molecule has 3 aromatic heterocycles. The summed E-state index contributed by atoms with van der Waals surface area (Å²) >= 11 is 0. The van der Waals surface area contributed by atoms with Crippen LogP contribution in [0.1, 0.15) is 35.9 Å². The molecule has 1 aromatic carbocycles. The SMILES string of the molecule is CC(C)c1nn(-c2cccc(N(C)C)n2)c2nc(C(=O)NS(C)(=O)=O)cc(-c3ccc(N4CCOCC4)cc3)c12. The van der Waals surface area contributed by atoms with Gasteiger partial charge in [-0.15, -0.1) is 0 Å². The highest BCUT2D eigenvalue weighted by Crippen LogP contribution is 2.36. The summed E-state index contributed by atoms with van der Waals surface area (Å²) in [6, 6.07) is 15.3. The van der Waals surface area contributed by atoms with Crippen LogP contribution in [-0.4, -0.2) is 80.7 Å². The van der Waals surface area contributed by atoms with Gasteiger partial charge in [-0.1, -0.05) is 32.0 Å². The lowest BCUT2D eigenvalue weighted by Crippen LogP contribution is -2.36. The quantitative estimate of drug-likeness (QED) is 0.361. The maximum Gasteiger partial charge on any atom is 0.283 e. The van der Waals surface area contributed by atoms with Gasteiger partial charge in [0.05, 0.1) is 30.5 Å². The van der Waals surface area contributed by atoms with Crippen molar-refractivity contribution in [2.24, 2.45) is 0 Å². The summed E-state index contributed by atoms with van der Waals surface area (Å²) in [5.74, 6) is 0.483. The number of hydrogen-bond donors (Lipinski definition) is 1. The molecule has 210 valence electrons. The molecule has 40 heavy (non-hydrogen) atoms. The van der Waals surface area contributed by atoms with Gasteiger partial charge in [0, 0.05) is 32.9 Å². The Morgan fingerprint density at radius 1 is 1.05 bits per heavy atom. The molecule has 0 bridgehead atoms. The summed E-state index contributed by atoms with van der Waals surface area (Å²) in [5.41, 5.74) is 3.84. The molecule has 1 amide bonds. The van der Waals surface area contributed by atoms with E-state index in [1.54, 1.807) is 10.7 Å². The number of nitrogens with one attached hydrogen (secondary N) is 1. The van der Waals surface area contributed by atoms with Gasteiger partial charge in [-0.05, 0) is 47.4 Å². The molecule has 0 atom stereocenters. The second kappa shape index (κ2) is 10.9. The summed E-state index contributed by atoms with van der Waals surface area (Å²) in [4.78, 5) is 26.6.